The van der Waals surface area contributed by atoms with Crippen molar-refractivity contribution in [3.8, 4) is 0 Å². The Balaban J connectivity index is 1.58. The molecule has 1 aliphatic carbocycles. The van der Waals surface area contributed by atoms with Crippen molar-refractivity contribution in [2.45, 2.75) is 52.4 Å². The lowest BCUT2D eigenvalue weighted by molar-refractivity contribution is -0.116. The fourth-order valence-corrected chi connectivity index (χ4v) is 3.48. The smallest absolute Gasteiger partial charge is 0.224 e. The van der Waals surface area contributed by atoms with Crippen molar-refractivity contribution in [2.75, 3.05) is 5.32 Å². The van der Waals surface area contributed by atoms with E-state index in [1.165, 1.54) is 25.7 Å². The summed E-state index contributed by atoms with van der Waals surface area (Å²) in [6.07, 6.45) is 6.83. The van der Waals surface area contributed by atoms with Gasteiger partial charge in [0, 0.05) is 12.1 Å². The first-order valence-corrected chi connectivity index (χ1v) is 9.50. The fourth-order valence-electron chi connectivity index (χ4n) is 3.48. The summed E-state index contributed by atoms with van der Waals surface area (Å²) >= 11 is 0. The Labute approximate surface area is 155 Å². The van der Waals surface area contributed by atoms with Gasteiger partial charge in [-0.2, -0.15) is 10.2 Å². The van der Waals surface area contributed by atoms with Crippen LogP contribution in [0.3, 0.4) is 0 Å². The molecule has 3 rings (SSSR count). The Kier molecular flexibility index (Phi) is 6.16. The minimum Gasteiger partial charge on any atom is -0.326 e. The second-order valence-corrected chi connectivity index (χ2v) is 7.22. The number of rotatable bonds is 6. The van der Waals surface area contributed by atoms with Crippen molar-refractivity contribution in [1.29, 1.82) is 0 Å². The lowest BCUT2D eigenvalue weighted by Crippen LogP contribution is -2.13. The molecule has 0 saturated heterocycles. The summed E-state index contributed by atoms with van der Waals surface area (Å²) in [6.45, 7) is 4.00. The molecular weight excluding hydrogens is 322 g/mol. The van der Waals surface area contributed by atoms with Gasteiger partial charge in [0.1, 0.15) is 0 Å². The molecule has 26 heavy (non-hydrogen) atoms. The second-order valence-electron chi connectivity index (χ2n) is 7.22. The number of carbonyl (C=O) groups is 1. The maximum Gasteiger partial charge on any atom is 0.224 e. The highest BCUT2D eigenvalue weighted by molar-refractivity contribution is 5.91. The standard InChI is InChI=1S/C22H27N3O/c1-16-7-3-6-10-21(16)25-24-19-12-13-20(17(2)15-19)23-22(26)14-11-18-8-4-5-9-18/h3,6-7,10,12-13,15,18H,4-5,8-9,11,14H2,1-2H3,(H,23,26). The SMILES string of the molecule is Cc1ccccc1N=Nc1ccc(NC(=O)CCC2CCCC2)c(C)c1. The second kappa shape index (κ2) is 8.75. The molecule has 0 unspecified atom stereocenters. The summed E-state index contributed by atoms with van der Waals surface area (Å²) in [5.41, 5.74) is 4.61. The molecule has 0 heterocycles. The fraction of sp³-hybridized carbons (Fsp3) is 0.409. The van der Waals surface area contributed by atoms with Gasteiger partial charge < -0.3 is 5.32 Å². The number of hydrogen-bond acceptors (Lipinski definition) is 3. The Bertz CT molecular complexity index is 792. The largest absolute Gasteiger partial charge is 0.326 e. The molecule has 0 spiro atoms. The van der Waals surface area contributed by atoms with Crippen LogP contribution in [-0.2, 0) is 4.79 Å². The summed E-state index contributed by atoms with van der Waals surface area (Å²) in [5, 5.41) is 11.7. The van der Waals surface area contributed by atoms with E-state index in [0.29, 0.717) is 6.42 Å². The van der Waals surface area contributed by atoms with Crippen LogP contribution in [-0.4, -0.2) is 5.91 Å². The molecule has 2 aromatic rings. The number of benzene rings is 2. The Morgan fingerprint density at radius 1 is 1.04 bits per heavy atom. The molecule has 0 aliphatic heterocycles. The van der Waals surface area contributed by atoms with E-state index in [0.717, 1.165) is 40.5 Å². The van der Waals surface area contributed by atoms with Crippen LogP contribution < -0.4 is 5.32 Å². The van der Waals surface area contributed by atoms with Crippen LogP contribution in [0.4, 0.5) is 17.1 Å². The van der Waals surface area contributed by atoms with Crippen molar-refractivity contribution in [1.82, 2.24) is 0 Å². The van der Waals surface area contributed by atoms with E-state index in [9.17, 15) is 4.79 Å². The number of carbonyl (C=O) groups excluding carboxylic acids is 1. The van der Waals surface area contributed by atoms with Crippen molar-refractivity contribution in [2.24, 2.45) is 16.1 Å². The molecule has 1 aliphatic rings. The molecule has 1 saturated carbocycles. The molecule has 0 aromatic heterocycles. The van der Waals surface area contributed by atoms with Crippen LogP contribution >= 0.6 is 0 Å². The third-order valence-corrected chi connectivity index (χ3v) is 5.13. The third kappa shape index (κ3) is 5.01. The molecule has 4 nitrogen and oxygen atoms in total. The highest BCUT2D eigenvalue weighted by Gasteiger charge is 2.16. The summed E-state index contributed by atoms with van der Waals surface area (Å²) in [4.78, 5) is 12.2. The lowest BCUT2D eigenvalue weighted by atomic mass is 10.0. The topological polar surface area (TPSA) is 53.8 Å². The van der Waals surface area contributed by atoms with Crippen LogP contribution in [0.15, 0.2) is 52.7 Å². The van der Waals surface area contributed by atoms with E-state index in [1.807, 2.05) is 56.3 Å². The van der Waals surface area contributed by atoms with Gasteiger partial charge in [0.05, 0.1) is 11.4 Å². The highest BCUT2D eigenvalue weighted by Crippen LogP contribution is 2.29. The average molecular weight is 349 g/mol. The summed E-state index contributed by atoms with van der Waals surface area (Å²) in [6, 6.07) is 13.7. The van der Waals surface area contributed by atoms with Gasteiger partial charge in [0.2, 0.25) is 5.91 Å². The van der Waals surface area contributed by atoms with Gasteiger partial charge in [-0.15, -0.1) is 0 Å². The summed E-state index contributed by atoms with van der Waals surface area (Å²) < 4.78 is 0. The van der Waals surface area contributed by atoms with Crippen LogP contribution in [0.2, 0.25) is 0 Å². The van der Waals surface area contributed by atoms with Gasteiger partial charge in [0.15, 0.2) is 0 Å². The zero-order valence-electron chi connectivity index (χ0n) is 15.7. The summed E-state index contributed by atoms with van der Waals surface area (Å²) in [5.74, 6) is 0.848. The minimum absolute atomic E-state index is 0.106. The van der Waals surface area contributed by atoms with Gasteiger partial charge in [-0.1, -0.05) is 43.9 Å². The minimum atomic E-state index is 0.106. The first kappa shape index (κ1) is 18.3. The van der Waals surface area contributed by atoms with E-state index < -0.39 is 0 Å². The molecule has 2 aromatic carbocycles. The van der Waals surface area contributed by atoms with E-state index >= 15 is 0 Å². The number of anilines is 1. The maximum absolute atomic E-state index is 12.2. The normalized spacial score (nSPS) is 14.8. The average Bonchev–Trinajstić information content (AvgIpc) is 3.15. The molecule has 136 valence electrons. The van der Waals surface area contributed by atoms with E-state index in [-0.39, 0.29) is 5.91 Å². The molecule has 4 heteroatoms. The molecule has 0 radical (unpaired) electrons. The van der Waals surface area contributed by atoms with Gasteiger partial charge in [-0.05, 0) is 61.6 Å². The van der Waals surface area contributed by atoms with Crippen LogP contribution in [0.25, 0.3) is 0 Å². The highest BCUT2D eigenvalue weighted by atomic mass is 16.1. The predicted molar refractivity (Wildman–Crippen MR) is 106 cm³/mol. The Hall–Kier alpha value is -2.49. The number of nitrogens with zero attached hydrogens (tertiary/aromatic N) is 2. The van der Waals surface area contributed by atoms with E-state index in [1.54, 1.807) is 0 Å². The van der Waals surface area contributed by atoms with Crippen LogP contribution in [0.5, 0.6) is 0 Å². The Morgan fingerprint density at radius 3 is 2.54 bits per heavy atom. The number of aryl methyl sites for hydroxylation is 2. The van der Waals surface area contributed by atoms with Crippen molar-refractivity contribution < 1.29 is 4.79 Å². The number of amides is 1. The quantitative estimate of drug-likeness (QED) is 0.585. The van der Waals surface area contributed by atoms with E-state index in [4.69, 9.17) is 0 Å². The maximum atomic E-state index is 12.2. The van der Waals surface area contributed by atoms with Gasteiger partial charge in [0.25, 0.3) is 0 Å². The Morgan fingerprint density at radius 2 is 1.81 bits per heavy atom. The predicted octanol–water partition coefficient (Wildman–Crippen LogP) is 6.63. The number of nitrogens with one attached hydrogen (secondary N) is 1. The van der Waals surface area contributed by atoms with Crippen molar-refractivity contribution in [3.05, 3.63) is 53.6 Å². The van der Waals surface area contributed by atoms with E-state index in [2.05, 4.69) is 15.5 Å². The van der Waals surface area contributed by atoms with Gasteiger partial charge in [-0.3, -0.25) is 4.79 Å². The zero-order chi connectivity index (χ0) is 18.4. The first-order valence-electron chi connectivity index (χ1n) is 9.50. The zero-order valence-corrected chi connectivity index (χ0v) is 15.7. The lowest BCUT2D eigenvalue weighted by Gasteiger charge is -2.11. The molecule has 1 amide bonds. The van der Waals surface area contributed by atoms with Crippen molar-refractivity contribution in [3.63, 3.8) is 0 Å². The monoisotopic (exact) mass is 349 g/mol. The third-order valence-electron chi connectivity index (χ3n) is 5.13. The van der Waals surface area contributed by atoms with Crippen LogP contribution in [0, 0.1) is 19.8 Å². The molecule has 1 fully saturated rings. The van der Waals surface area contributed by atoms with Crippen LogP contribution in [0.1, 0.15) is 49.7 Å². The first-order chi connectivity index (χ1) is 12.6. The molecular formula is C22H27N3O. The van der Waals surface area contributed by atoms with Crippen molar-refractivity contribution >= 4 is 23.0 Å². The molecule has 0 bridgehead atoms. The summed E-state index contributed by atoms with van der Waals surface area (Å²) in [7, 11) is 0. The number of hydrogen-bond donors (Lipinski definition) is 1. The van der Waals surface area contributed by atoms with Gasteiger partial charge in [-0.25, -0.2) is 0 Å². The van der Waals surface area contributed by atoms with Gasteiger partial charge >= 0.3 is 0 Å². The molecule has 0 atom stereocenters. The molecule has 1 N–H and O–H groups in total. The number of azo groups is 1.